The number of carbonyl (C=O) groups excluding carboxylic acids is 1. The van der Waals surface area contributed by atoms with E-state index in [-0.39, 0.29) is 38.5 Å². The van der Waals surface area contributed by atoms with Gasteiger partial charge in [-0.05, 0) is 38.0 Å². The molecule has 2 heterocycles. The maximum absolute atomic E-state index is 13.0. The van der Waals surface area contributed by atoms with Crippen LogP contribution in [0.25, 0.3) is 0 Å². The summed E-state index contributed by atoms with van der Waals surface area (Å²) >= 11 is 6.05. The lowest BCUT2D eigenvalue weighted by molar-refractivity contribution is -0.148. The Bertz CT molecular complexity index is 1050. The van der Waals surface area contributed by atoms with Crippen molar-refractivity contribution >= 4 is 39.2 Å². The number of hydrogen-bond donors (Lipinski definition) is 1. The molecule has 2 N–H and O–H groups in total. The van der Waals surface area contributed by atoms with E-state index in [2.05, 4.69) is 9.97 Å². The maximum atomic E-state index is 13.0. The van der Waals surface area contributed by atoms with Crippen LogP contribution in [0.4, 0.5) is 11.8 Å². The number of rotatable bonds is 6. The largest absolute Gasteiger partial charge is 0.495 e. The Labute approximate surface area is 180 Å². The molecule has 2 aromatic rings. The van der Waals surface area contributed by atoms with Gasteiger partial charge in [0.2, 0.25) is 15.8 Å². The Kier molecular flexibility index (Phi) is 6.67. The topological polar surface area (TPSA) is 125 Å². The monoisotopic (exact) mass is 454 g/mol. The summed E-state index contributed by atoms with van der Waals surface area (Å²) in [6.07, 6.45) is 2.66. The molecule has 0 radical (unpaired) electrons. The molecule has 1 fully saturated rings. The molecule has 1 aromatic heterocycles. The number of piperidine rings is 1. The molecule has 1 saturated heterocycles. The van der Waals surface area contributed by atoms with Gasteiger partial charge in [0.1, 0.15) is 16.5 Å². The number of anilines is 2. The van der Waals surface area contributed by atoms with Crippen LogP contribution in [0.1, 0.15) is 19.8 Å². The minimum Gasteiger partial charge on any atom is -0.495 e. The number of carbonyl (C=O) groups is 1. The van der Waals surface area contributed by atoms with E-state index in [1.165, 1.54) is 31.5 Å². The number of halogens is 1. The van der Waals surface area contributed by atoms with Crippen molar-refractivity contribution in [3.8, 4) is 5.75 Å². The highest BCUT2D eigenvalue weighted by molar-refractivity contribution is 7.91. The predicted octanol–water partition coefficient (Wildman–Crippen LogP) is 2.33. The Hall–Kier alpha value is -2.59. The first-order valence-electron chi connectivity index (χ1n) is 9.40. The van der Waals surface area contributed by atoms with Gasteiger partial charge in [-0.25, -0.2) is 13.4 Å². The van der Waals surface area contributed by atoms with Crippen molar-refractivity contribution in [1.29, 1.82) is 0 Å². The molecule has 3 rings (SSSR count). The molecule has 0 spiro atoms. The van der Waals surface area contributed by atoms with Crippen LogP contribution in [0.2, 0.25) is 5.02 Å². The number of sulfone groups is 1. The third-order valence-electron chi connectivity index (χ3n) is 4.82. The molecule has 9 nitrogen and oxygen atoms in total. The quantitative estimate of drug-likeness (QED) is 0.654. The molecule has 0 amide bonds. The molecule has 0 saturated carbocycles. The van der Waals surface area contributed by atoms with Crippen molar-refractivity contribution in [1.82, 2.24) is 9.97 Å². The van der Waals surface area contributed by atoms with Gasteiger partial charge in [0.05, 0.1) is 35.7 Å². The second kappa shape index (κ2) is 9.05. The fourth-order valence-corrected chi connectivity index (χ4v) is 4.90. The van der Waals surface area contributed by atoms with E-state index in [4.69, 9.17) is 26.8 Å². The minimum atomic E-state index is -3.98. The predicted molar refractivity (Wildman–Crippen MR) is 111 cm³/mol. The molecule has 1 atom stereocenters. The van der Waals surface area contributed by atoms with Gasteiger partial charge in [0.25, 0.3) is 0 Å². The van der Waals surface area contributed by atoms with E-state index in [9.17, 15) is 13.2 Å². The highest BCUT2D eigenvalue weighted by Gasteiger charge is 2.29. The number of nitrogens with two attached hydrogens (primary N) is 1. The van der Waals surface area contributed by atoms with E-state index in [0.29, 0.717) is 25.4 Å². The van der Waals surface area contributed by atoms with Crippen molar-refractivity contribution < 1.29 is 22.7 Å². The van der Waals surface area contributed by atoms with Gasteiger partial charge in [-0.2, -0.15) is 4.98 Å². The lowest BCUT2D eigenvalue weighted by Gasteiger charge is -2.31. The number of aromatic nitrogens is 2. The second-order valence-electron chi connectivity index (χ2n) is 6.76. The maximum Gasteiger partial charge on any atom is 0.310 e. The van der Waals surface area contributed by atoms with Crippen LogP contribution in [0.5, 0.6) is 5.75 Å². The molecule has 1 aliphatic rings. The number of nitrogen functional groups attached to an aromatic ring is 1. The van der Waals surface area contributed by atoms with Crippen LogP contribution in [0.15, 0.2) is 34.2 Å². The number of methoxy groups -OCH3 is 1. The van der Waals surface area contributed by atoms with Crippen LogP contribution in [-0.2, 0) is 19.4 Å². The Balaban J connectivity index is 1.86. The van der Waals surface area contributed by atoms with Crippen LogP contribution in [0.3, 0.4) is 0 Å². The third-order valence-corrected chi connectivity index (χ3v) is 6.88. The van der Waals surface area contributed by atoms with E-state index >= 15 is 0 Å². The van der Waals surface area contributed by atoms with Gasteiger partial charge in [0.15, 0.2) is 0 Å². The molecule has 0 bridgehead atoms. The zero-order valence-corrected chi connectivity index (χ0v) is 18.2. The van der Waals surface area contributed by atoms with Crippen molar-refractivity contribution in [2.75, 3.05) is 37.4 Å². The normalized spacial score (nSPS) is 16.9. The second-order valence-corrected chi connectivity index (χ2v) is 9.08. The zero-order valence-electron chi connectivity index (χ0n) is 16.7. The Morgan fingerprint density at radius 2 is 2.17 bits per heavy atom. The standard InChI is InChI=1S/C19H23ClN4O5S/c1-3-29-18(25)12-5-4-8-24(11-12)19-22-10-16(17(21)23-19)30(26,27)13-6-7-15(28-2)14(20)9-13/h6-7,9-10,12H,3-5,8,11H2,1-2H3,(H2,21,22,23)/t12-/m1/s1. The fourth-order valence-electron chi connectivity index (χ4n) is 3.29. The first-order valence-corrected chi connectivity index (χ1v) is 11.3. The van der Waals surface area contributed by atoms with Crippen molar-refractivity contribution in [3.05, 3.63) is 29.4 Å². The number of esters is 1. The van der Waals surface area contributed by atoms with Gasteiger partial charge in [-0.1, -0.05) is 11.6 Å². The summed E-state index contributed by atoms with van der Waals surface area (Å²) in [5.41, 5.74) is 5.98. The van der Waals surface area contributed by atoms with E-state index in [0.717, 1.165) is 12.8 Å². The molecule has 30 heavy (non-hydrogen) atoms. The highest BCUT2D eigenvalue weighted by atomic mass is 35.5. The average molecular weight is 455 g/mol. The first-order chi connectivity index (χ1) is 14.3. The Morgan fingerprint density at radius 3 is 2.80 bits per heavy atom. The molecule has 11 heteroatoms. The molecular formula is C19H23ClN4O5S. The van der Waals surface area contributed by atoms with Crippen molar-refractivity contribution in [2.24, 2.45) is 5.92 Å². The van der Waals surface area contributed by atoms with Crippen LogP contribution in [-0.4, -0.2) is 51.2 Å². The number of benzene rings is 1. The first kappa shape index (κ1) is 22.1. The molecule has 162 valence electrons. The summed E-state index contributed by atoms with van der Waals surface area (Å²) in [5.74, 6) is -0.0889. The van der Waals surface area contributed by atoms with Crippen LogP contribution < -0.4 is 15.4 Å². The Morgan fingerprint density at radius 1 is 1.40 bits per heavy atom. The summed E-state index contributed by atoms with van der Waals surface area (Å²) in [5, 5.41) is 0.160. The summed E-state index contributed by atoms with van der Waals surface area (Å²) in [7, 11) is -2.54. The van der Waals surface area contributed by atoms with Crippen molar-refractivity contribution in [2.45, 2.75) is 29.6 Å². The van der Waals surface area contributed by atoms with Crippen LogP contribution >= 0.6 is 11.6 Å². The van der Waals surface area contributed by atoms with Gasteiger partial charge in [-0.3, -0.25) is 4.79 Å². The minimum absolute atomic E-state index is 0.0447. The highest BCUT2D eigenvalue weighted by Crippen LogP contribution is 2.32. The number of nitrogens with zero attached hydrogens (tertiary/aromatic N) is 3. The lowest BCUT2D eigenvalue weighted by Crippen LogP contribution is -2.40. The summed E-state index contributed by atoms with van der Waals surface area (Å²) in [6, 6.07) is 4.13. The lowest BCUT2D eigenvalue weighted by atomic mass is 9.98. The van der Waals surface area contributed by atoms with E-state index < -0.39 is 9.84 Å². The molecular weight excluding hydrogens is 432 g/mol. The third kappa shape index (κ3) is 4.44. The fraction of sp³-hybridized carbons (Fsp3) is 0.421. The van der Waals surface area contributed by atoms with Crippen molar-refractivity contribution in [3.63, 3.8) is 0 Å². The van der Waals surface area contributed by atoms with E-state index in [1.54, 1.807) is 6.92 Å². The van der Waals surface area contributed by atoms with Crippen LogP contribution in [0, 0.1) is 5.92 Å². The summed E-state index contributed by atoms with van der Waals surface area (Å²) in [4.78, 5) is 22.0. The molecule has 0 aliphatic carbocycles. The molecule has 1 aliphatic heterocycles. The molecule has 1 aromatic carbocycles. The average Bonchev–Trinajstić information content (AvgIpc) is 2.73. The zero-order chi connectivity index (χ0) is 21.9. The summed E-state index contributed by atoms with van der Waals surface area (Å²) < 4.78 is 36.1. The SMILES string of the molecule is CCOC(=O)[C@@H]1CCCN(c2ncc(S(=O)(=O)c3ccc(OC)c(Cl)c3)c(N)n2)C1. The summed E-state index contributed by atoms with van der Waals surface area (Å²) in [6.45, 7) is 3.10. The smallest absolute Gasteiger partial charge is 0.310 e. The van der Waals surface area contributed by atoms with Gasteiger partial charge < -0.3 is 20.1 Å². The number of ether oxygens (including phenoxy) is 2. The van der Waals surface area contributed by atoms with Gasteiger partial charge in [0, 0.05) is 13.1 Å². The van der Waals surface area contributed by atoms with Gasteiger partial charge >= 0.3 is 5.97 Å². The number of hydrogen-bond acceptors (Lipinski definition) is 9. The molecule has 0 unspecified atom stereocenters. The van der Waals surface area contributed by atoms with Gasteiger partial charge in [-0.15, -0.1) is 0 Å². The van der Waals surface area contributed by atoms with E-state index in [1.807, 2.05) is 4.90 Å².